The van der Waals surface area contributed by atoms with Crippen molar-refractivity contribution in [3.05, 3.63) is 45.2 Å². The topological polar surface area (TPSA) is 80.4 Å². The van der Waals surface area contributed by atoms with Crippen molar-refractivity contribution in [2.24, 2.45) is 0 Å². The van der Waals surface area contributed by atoms with Crippen molar-refractivity contribution in [1.82, 2.24) is 14.5 Å². The van der Waals surface area contributed by atoms with Gasteiger partial charge in [-0.3, -0.25) is 14.0 Å². The quantitative estimate of drug-likeness (QED) is 0.563. The highest BCUT2D eigenvalue weighted by molar-refractivity contribution is 5.78. The lowest BCUT2D eigenvalue weighted by Gasteiger charge is -1.96. The minimum Gasteiger partial charge on any atom is -0.378 e. The van der Waals surface area contributed by atoms with Gasteiger partial charge in [0.2, 0.25) is 0 Å². The standard InChI is InChI=1S/C9H5N3O3/c13-8-7-5(15-11-8)4-6-10-2-1-3-12(6)9(7)14/h1-4H,(H,11,13). The molecule has 0 saturated carbocycles. The molecule has 74 valence electrons. The summed E-state index contributed by atoms with van der Waals surface area (Å²) in [4.78, 5) is 27.1. The lowest BCUT2D eigenvalue weighted by Crippen LogP contribution is -2.18. The molecule has 3 aromatic rings. The number of hydrogen-bond acceptors (Lipinski definition) is 4. The average Bonchev–Trinajstić information content (AvgIpc) is 2.61. The minimum absolute atomic E-state index is 0.0144. The molecular formula is C9H5N3O3. The van der Waals surface area contributed by atoms with E-state index in [1.165, 1.54) is 10.5 Å². The molecule has 0 amide bonds. The van der Waals surface area contributed by atoms with Gasteiger partial charge < -0.3 is 4.52 Å². The van der Waals surface area contributed by atoms with Crippen molar-refractivity contribution in [3.8, 4) is 0 Å². The van der Waals surface area contributed by atoms with Crippen LogP contribution in [0.5, 0.6) is 0 Å². The van der Waals surface area contributed by atoms with Gasteiger partial charge in [0.25, 0.3) is 11.1 Å². The maximum Gasteiger partial charge on any atom is 0.293 e. The average molecular weight is 203 g/mol. The molecule has 3 rings (SSSR count). The third-order valence-corrected chi connectivity index (χ3v) is 2.19. The fraction of sp³-hybridized carbons (Fsp3) is 0. The third-order valence-electron chi connectivity index (χ3n) is 2.19. The van der Waals surface area contributed by atoms with Gasteiger partial charge in [0.05, 0.1) is 0 Å². The predicted octanol–water partition coefficient (Wildman–Crippen LogP) is 0.129. The molecule has 0 aliphatic rings. The highest BCUT2D eigenvalue weighted by atomic mass is 16.5. The van der Waals surface area contributed by atoms with E-state index < -0.39 is 11.1 Å². The van der Waals surface area contributed by atoms with E-state index in [2.05, 4.69) is 10.1 Å². The number of H-pyrrole nitrogens is 1. The van der Waals surface area contributed by atoms with E-state index in [0.717, 1.165) is 0 Å². The lowest BCUT2D eigenvalue weighted by molar-refractivity contribution is 0.449. The van der Waals surface area contributed by atoms with Crippen LogP contribution in [0, 0.1) is 0 Å². The van der Waals surface area contributed by atoms with Gasteiger partial charge in [0.15, 0.2) is 11.0 Å². The zero-order valence-corrected chi connectivity index (χ0v) is 7.43. The van der Waals surface area contributed by atoms with Crippen molar-refractivity contribution in [1.29, 1.82) is 0 Å². The Kier molecular flexibility index (Phi) is 1.37. The summed E-state index contributed by atoms with van der Waals surface area (Å²) in [6, 6.07) is 3.16. The summed E-state index contributed by atoms with van der Waals surface area (Å²) in [5.41, 5.74) is -0.277. The van der Waals surface area contributed by atoms with E-state index in [4.69, 9.17) is 4.52 Å². The predicted molar refractivity (Wildman–Crippen MR) is 51.9 cm³/mol. The van der Waals surface area contributed by atoms with Crippen LogP contribution >= 0.6 is 0 Å². The molecule has 0 bridgehead atoms. The first kappa shape index (κ1) is 7.98. The van der Waals surface area contributed by atoms with Crippen LogP contribution in [0.15, 0.2) is 38.6 Å². The highest BCUT2D eigenvalue weighted by Gasteiger charge is 2.10. The van der Waals surface area contributed by atoms with E-state index in [1.54, 1.807) is 18.5 Å². The SMILES string of the molecule is O=c1[nH]oc2cc3ncccn3c(=O)c12. The summed E-state index contributed by atoms with van der Waals surface area (Å²) in [7, 11) is 0. The first-order valence-electron chi connectivity index (χ1n) is 4.25. The zero-order valence-electron chi connectivity index (χ0n) is 7.43. The van der Waals surface area contributed by atoms with Gasteiger partial charge in [0.1, 0.15) is 5.65 Å². The minimum atomic E-state index is -0.520. The lowest BCUT2D eigenvalue weighted by atomic mass is 10.3. The van der Waals surface area contributed by atoms with Crippen molar-refractivity contribution >= 4 is 16.6 Å². The Morgan fingerprint density at radius 1 is 1.40 bits per heavy atom. The fourth-order valence-electron chi connectivity index (χ4n) is 1.52. The van der Waals surface area contributed by atoms with Crippen molar-refractivity contribution in [3.63, 3.8) is 0 Å². The summed E-state index contributed by atoms with van der Waals surface area (Å²) in [5, 5.41) is 2.13. The van der Waals surface area contributed by atoms with Gasteiger partial charge in [-0.15, -0.1) is 0 Å². The van der Waals surface area contributed by atoms with E-state index in [0.29, 0.717) is 5.65 Å². The molecule has 0 aliphatic carbocycles. The van der Waals surface area contributed by atoms with Crippen molar-refractivity contribution in [2.75, 3.05) is 0 Å². The molecule has 1 N–H and O–H groups in total. The first-order chi connectivity index (χ1) is 7.27. The van der Waals surface area contributed by atoms with Crippen LogP contribution < -0.4 is 11.1 Å². The summed E-state index contributed by atoms with van der Waals surface area (Å²) < 4.78 is 6.15. The molecule has 0 atom stereocenters. The highest BCUT2D eigenvalue weighted by Crippen LogP contribution is 2.06. The monoisotopic (exact) mass is 203 g/mol. The Labute approximate surface area is 81.7 Å². The Bertz CT molecular complexity index is 765. The molecule has 6 heteroatoms. The largest absolute Gasteiger partial charge is 0.378 e. The molecule has 0 aromatic carbocycles. The summed E-state index contributed by atoms with van der Waals surface area (Å²) in [6.07, 6.45) is 3.11. The number of nitrogens with zero attached hydrogens (tertiary/aromatic N) is 2. The number of aromatic amines is 1. The number of fused-ring (bicyclic) bond motifs is 2. The smallest absolute Gasteiger partial charge is 0.293 e. The summed E-state index contributed by atoms with van der Waals surface area (Å²) in [6.45, 7) is 0. The van der Waals surface area contributed by atoms with Crippen molar-refractivity contribution in [2.45, 2.75) is 0 Å². The van der Waals surface area contributed by atoms with Crippen LogP contribution in [0.25, 0.3) is 16.6 Å². The molecule has 15 heavy (non-hydrogen) atoms. The Balaban J connectivity index is 2.75. The third kappa shape index (κ3) is 0.954. The van der Waals surface area contributed by atoms with Gasteiger partial charge in [-0.05, 0) is 6.07 Å². The number of pyridine rings is 1. The van der Waals surface area contributed by atoms with E-state index in [-0.39, 0.29) is 11.0 Å². The van der Waals surface area contributed by atoms with Gasteiger partial charge in [-0.1, -0.05) is 0 Å². The second-order valence-electron chi connectivity index (χ2n) is 3.07. The van der Waals surface area contributed by atoms with E-state index >= 15 is 0 Å². The van der Waals surface area contributed by atoms with Gasteiger partial charge in [-0.2, -0.15) is 5.16 Å². The van der Waals surface area contributed by atoms with Crippen LogP contribution in [0.4, 0.5) is 0 Å². The number of aromatic nitrogens is 3. The normalized spacial score (nSPS) is 11.2. The van der Waals surface area contributed by atoms with Gasteiger partial charge in [0, 0.05) is 18.5 Å². The Morgan fingerprint density at radius 2 is 2.27 bits per heavy atom. The summed E-state index contributed by atoms with van der Waals surface area (Å²) >= 11 is 0. The Hall–Kier alpha value is -2.37. The van der Waals surface area contributed by atoms with Crippen LogP contribution in [-0.2, 0) is 0 Å². The molecule has 0 radical (unpaired) electrons. The van der Waals surface area contributed by atoms with E-state index in [1.807, 2.05) is 0 Å². The van der Waals surface area contributed by atoms with Gasteiger partial charge >= 0.3 is 0 Å². The molecule has 0 aliphatic heterocycles. The van der Waals surface area contributed by atoms with Crippen molar-refractivity contribution < 1.29 is 4.52 Å². The summed E-state index contributed by atoms with van der Waals surface area (Å²) in [5.74, 6) is 0. The number of nitrogens with one attached hydrogen (secondary N) is 1. The number of rotatable bonds is 0. The molecule has 3 aromatic heterocycles. The Morgan fingerprint density at radius 3 is 3.13 bits per heavy atom. The molecule has 0 unspecified atom stereocenters. The fourth-order valence-corrected chi connectivity index (χ4v) is 1.52. The second-order valence-corrected chi connectivity index (χ2v) is 3.07. The first-order valence-corrected chi connectivity index (χ1v) is 4.25. The van der Waals surface area contributed by atoms with Crippen LogP contribution in [0.2, 0.25) is 0 Å². The molecule has 3 heterocycles. The van der Waals surface area contributed by atoms with Crippen LogP contribution in [0.1, 0.15) is 0 Å². The second kappa shape index (κ2) is 2.57. The van der Waals surface area contributed by atoms with Crippen LogP contribution in [0.3, 0.4) is 0 Å². The van der Waals surface area contributed by atoms with Crippen LogP contribution in [-0.4, -0.2) is 14.5 Å². The molecular weight excluding hydrogens is 198 g/mol. The number of hydrogen-bond donors (Lipinski definition) is 1. The maximum atomic E-state index is 11.8. The van der Waals surface area contributed by atoms with Gasteiger partial charge in [-0.25, -0.2) is 4.98 Å². The molecule has 0 fully saturated rings. The molecule has 6 nitrogen and oxygen atoms in total. The molecule has 0 spiro atoms. The maximum absolute atomic E-state index is 11.8. The zero-order chi connectivity index (χ0) is 10.4. The van der Waals surface area contributed by atoms with E-state index in [9.17, 15) is 9.59 Å². The molecule has 0 saturated heterocycles.